The first-order valence-corrected chi connectivity index (χ1v) is 10.1. The molecular formula is C22H25N3O5. The Morgan fingerprint density at radius 2 is 1.87 bits per heavy atom. The molecule has 4 rings (SSSR count). The first kappa shape index (κ1) is 20.3. The van der Waals surface area contributed by atoms with E-state index in [1.54, 1.807) is 33.0 Å². The summed E-state index contributed by atoms with van der Waals surface area (Å²) < 4.78 is 1.50. The molecule has 158 valence electrons. The number of hydrogen-bond donors (Lipinski definition) is 2. The predicted molar refractivity (Wildman–Crippen MR) is 109 cm³/mol. The molecule has 2 amide bonds. The Labute approximate surface area is 173 Å². The Morgan fingerprint density at radius 1 is 1.20 bits per heavy atom. The van der Waals surface area contributed by atoms with Gasteiger partial charge in [0, 0.05) is 31.1 Å². The minimum Gasteiger partial charge on any atom is -0.480 e. The largest absolute Gasteiger partial charge is 0.480 e. The van der Waals surface area contributed by atoms with Gasteiger partial charge in [0.15, 0.2) is 0 Å². The molecule has 2 aliphatic rings. The van der Waals surface area contributed by atoms with Crippen LogP contribution in [0.25, 0.3) is 10.9 Å². The highest BCUT2D eigenvalue weighted by Crippen LogP contribution is 2.52. The van der Waals surface area contributed by atoms with E-state index >= 15 is 0 Å². The monoisotopic (exact) mass is 411 g/mol. The van der Waals surface area contributed by atoms with Crippen molar-refractivity contribution in [3.05, 3.63) is 36.0 Å². The van der Waals surface area contributed by atoms with Crippen LogP contribution in [0.5, 0.6) is 0 Å². The number of nitrogens with zero attached hydrogens (tertiary/aromatic N) is 2. The maximum absolute atomic E-state index is 13.2. The van der Waals surface area contributed by atoms with Gasteiger partial charge in [0.1, 0.15) is 5.54 Å². The number of carbonyl (C=O) groups excluding carboxylic acids is 3. The number of aromatic nitrogens is 1. The Balaban J connectivity index is 1.97. The van der Waals surface area contributed by atoms with Crippen molar-refractivity contribution in [3.63, 3.8) is 0 Å². The van der Waals surface area contributed by atoms with Gasteiger partial charge >= 0.3 is 5.97 Å². The highest BCUT2D eigenvalue weighted by atomic mass is 16.4. The van der Waals surface area contributed by atoms with E-state index in [2.05, 4.69) is 5.32 Å². The Morgan fingerprint density at radius 3 is 2.43 bits per heavy atom. The van der Waals surface area contributed by atoms with Crippen LogP contribution >= 0.6 is 0 Å². The highest BCUT2D eigenvalue weighted by molar-refractivity contribution is 6.10. The summed E-state index contributed by atoms with van der Waals surface area (Å²) in [5.41, 5.74) is -0.246. The molecular weight excluding hydrogens is 386 g/mol. The molecule has 2 N–H and O–H groups in total. The van der Waals surface area contributed by atoms with Gasteiger partial charge in [-0.05, 0) is 24.5 Å². The fourth-order valence-corrected chi connectivity index (χ4v) is 5.27. The van der Waals surface area contributed by atoms with E-state index in [4.69, 9.17) is 0 Å². The van der Waals surface area contributed by atoms with Gasteiger partial charge in [0.05, 0.1) is 17.4 Å². The van der Waals surface area contributed by atoms with Gasteiger partial charge in [-0.15, -0.1) is 0 Å². The smallest absolute Gasteiger partial charge is 0.325 e. The molecule has 2 aromatic rings. The lowest BCUT2D eigenvalue weighted by molar-refractivity contribution is -0.153. The summed E-state index contributed by atoms with van der Waals surface area (Å²) in [5, 5.41) is 14.1. The van der Waals surface area contributed by atoms with Crippen molar-refractivity contribution >= 4 is 34.6 Å². The quantitative estimate of drug-likeness (QED) is 0.746. The second-order valence-corrected chi connectivity index (χ2v) is 8.37. The number of aliphatic carboxylic acids is 1. The topological polar surface area (TPSA) is 109 Å². The maximum Gasteiger partial charge on any atom is 0.325 e. The maximum atomic E-state index is 13.2. The lowest BCUT2D eigenvalue weighted by atomic mass is 9.73. The van der Waals surface area contributed by atoms with Crippen molar-refractivity contribution < 1.29 is 24.3 Å². The number of para-hydroxylation sites is 1. The average molecular weight is 411 g/mol. The molecule has 8 nitrogen and oxygen atoms in total. The first-order chi connectivity index (χ1) is 14.2. The number of nitrogens with one attached hydrogen (secondary N) is 1. The number of imide groups is 1. The number of rotatable bonds is 4. The zero-order valence-electron chi connectivity index (χ0n) is 17.4. The van der Waals surface area contributed by atoms with E-state index in [1.165, 1.54) is 11.5 Å². The third-order valence-electron chi connectivity index (χ3n) is 6.68. The summed E-state index contributed by atoms with van der Waals surface area (Å²) >= 11 is 0. The third-order valence-corrected chi connectivity index (χ3v) is 6.68. The van der Waals surface area contributed by atoms with E-state index in [0.717, 1.165) is 10.3 Å². The van der Waals surface area contributed by atoms with Crippen LogP contribution in [0.2, 0.25) is 0 Å². The number of hydrogen-bond acceptors (Lipinski definition) is 5. The van der Waals surface area contributed by atoms with Gasteiger partial charge in [-0.25, -0.2) is 0 Å². The standard InChI is InChI=1S/C22H25N3O5/c1-5-24-19(27)16-17(20(24)28)22(11(2)3,21(29)30)23-18(16)14-10-25(12(4)26)15-9-7-6-8-13(14)15/h6-11,16-18,23H,5H2,1-4H3,(H,29,30). The second-order valence-electron chi connectivity index (χ2n) is 8.37. The number of carboxylic acid groups (broad SMARTS) is 1. The van der Waals surface area contributed by atoms with Crippen LogP contribution in [0.15, 0.2) is 30.5 Å². The molecule has 0 spiro atoms. The van der Waals surface area contributed by atoms with E-state index in [-0.39, 0.29) is 18.4 Å². The average Bonchev–Trinajstić information content (AvgIpc) is 3.32. The third kappa shape index (κ3) is 2.43. The molecule has 3 heterocycles. The van der Waals surface area contributed by atoms with Crippen LogP contribution in [0.3, 0.4) is 0 Å². The van der Waals surface area contributed by atoms with Gasteiger partial charge in [0.2, 0.25) is 17.7 Å². The lowest BCUT2D eigenvalue weighted by Crippen LogP contribution is -2.59. The number of amides is 2. The minimum absolute atomic E-state index is 0.190. The molecule has 1 aromatic carbocycles. The molecule has 2 saturated heterocycles. The number of carboxylic acids is 1. The lowest BCUT2D eigenvalue weighted by Gasteiger charge is -2.34. The number of carbonyl (C=O) groups is 4. The van der Waals surface area contributed by atoms with Crippen molar-refractivity contribution in [2.45, 2.75) is 39.3 Å². The molecule has 2 fully saturated rings. The molecule has 0 radical (unpaired) electrons. The van der Waals surface area contributed by atoms with E-state index in [0.29, 0.717) is 11.1 Å². The van der Waals surface area contributed by atoms with Crippen molar-refractivity contribution in [1.29, 1.82) is 0 Å². The van der Waals surface area contributed by atoms with Gasteiger partial charge in [-0.3, -0.25) is 34.0 Å². The Bertz CT molecular complexity index is 1090. The van der Waals surface area contributed by atoms with Crippen LogP contribution < -0.4 is 5.32 Å². The van der Waals surface area contributed by atoms with Gasteiger partial charge in [-0.2, -0.15) is 0 Å². The minimum atomic E-state index is -1.58. The zero-order chi connectivity index (χ0) is 22.0. The predicted octanol–water partition coefficient (Wildman–Crippen LogP) is 2.05. The summed E-state index contributed by atoms with van der Waals surface area (Å²) in [5.74, 6) is -4.45. The van der Waals surface area contributed by atoms with Crippen LogP contribution in [0, 0.1) is 17.8 Å². The normalized spacial score (nSPS) is 28.6. The summed E-state index contributed by atoms with van der Waals surface area (Å²) in [4.78, 5) is 52.2. The molecule has 0 aliphatic carbocycles. The van der Waals surface area contributed by atoms with Crippen molar-refractivity contribution in [2.24, 2.45) is 17.8 Å². The van der Waals surface area contributed by atoms with Crippen LogP contribution in [-0.4, -0.2) is 50.3 Å². The number of likely N-dealkylation sites (tertiary alicyclic amines) is 1. The van der Waals surface area contributed by atoms with Gasteiger partial charge in [-0.1, -0.05) is 32.0 Å². The fraction of sp³-hybridized carbons (Fsp3) is 0.455. The van der Waals surface area contributed by atoms with Gasteiger partial charge in [0.25, 0.3) is 0 Å². The second kappa shape index (κ2) is 6.77. The summed E-state index contributed by atoms with van der Waals surface area (Å²) in [7, 11) is 0. The Kier molecular flexibility index (Phi) is 4.58. The van der Waals surface area contributed by atoms with Crippen molar-refractivity contribution in [3.8, 4) is 0 Å². The molecule has 4 atom stereocenters. The summed E-state index contributed by atoms with van der Waals surface area (Å²) in [6.07, 6.45) is 1.66. The summed E-state index contributed by atoms with van der Waals surface area (Å²) in [6, 6.07) is 6.59. The molecule has 1 aromatic heterocycles. The highest BCUT2D eigenvalue weighted by Gasteiger charge is 2.69. The molecule has 2 aliphatic heterocycles. The number of fused-ring (bicyclic) bond motifs is 2. The fourth-order valence-electron chi connectivity index (χ4n) is 5.27. The molecule has 4 unspecified atom stereocenters. The molecule has 0 saturated carbocycles. The van der Waals surface area contributed by atoms with Gasteiger partial charge < -0.3 is 5.11 Å². The molecule has 8 heteroatoms. The van der Waals surface area contributed by atoms with E-state index < -0.39 is 41.2 Å². The van der Waals surface area contributed by atoms with Crippen molar-refractivity contribution in [2.75, 3.05) is 6.54 Å². The Hall–Kier alpha value is -3.00. The summed E-state index contributed by atoms with van der Waals surface area (Å²) in [6.45, 7) is 6.83. The molecule has 30 heavy (non-hydrogen) atoms. The number of benzene rings is 1. The zero-order valence-corrected chi connectivity index (χ0v) is 17.4. The van der Waals surface area contributed by atoms with E-state index in [9.17, 15) is 24.3 Å². The van der Waals surface area contributed by atoms with Crippen LogP contribution in [0.1, 0.15) is 44.1 Å². The van der Waals surface area contributed by atoms with Crippen LogP contribution in [-0.2, 0) is 14.4 Å². The first-order valence-electron chi connectivity index (χ1n) is 10.1. The SMILES string of the molecule is CCN1C(=O)C2C(c3cn(C(C)=O)c4ccccc34)NC(C(=O)O)(C(C)C)C2C1=O. The van der Waals surface area contributed by atoms with E-state index in [1.807, 2.05) is 18.2 Å². The van der Waals surface area contributed by atoms with Crippen molar-refractivity contribution in [1.82, 2.24) is 14.8 Å². The molecule has 0 bridgehead atoms. The van der Waals surface area contributed by atoms with Crippen LogP contribution in [0.4, 0.5) is 0 Å².